The van der Waals surface area contributed by atoms with Crippen molar-refractivity contribution in [1.82, 2.24) is 4.31 Å². The molecule has 28 heavy (non-hydrogen) atoms. The van der Waals surface area contributed by atoms with E-state index in [9.17, 15) is 13.2 Å². The van der Waals surface area contributed by atoms with Gasteiger partial charge >= 0.3 is 0 Å². The molecule has 6 nitrogen and oxygen atoms in total. The van der Waals surface area contributed by atoms with E-state index in [1.54, 1.807) is 6.07 Å². The van der Waals surface area contributed by atoms with Crippen molar-refractivity contribution < 1.29 is 13.2 Å². The Labute approximate surface area is 170 Å². The number of benzene rings is 2. The maximum absolute atomic E-state index is 12.5. The maximum atomic E-state index is 12.5. The van der Waals surface area contributed by atoms with Crippen LogP contribution in [0.4, 0.5) is 11.4 Å². The largest absolute Gasteiger partial charge is 0.380 e. The zero-order valence-corrected chi connectivity index (χ0v) is 17.3. The number of anilines is 2. The zero-order valence-electron chi connectivity index (χ0n) is 15.7. The second kappa shape index (κ2) is 8.94. The lowest BCUT2D eigenvalue weighted by Gasteiger charge is -2.29. The second-order valence-corrected chi connectivity index (χ2v) is 9.35. The van der Waals surface area contributed by atoms with Crippen molar-refractivity contribution in [3.8, 4) is 0 Å². The Balaban J connectivity index is 1.55. The quantitative estimate of drug-likeness (QED) is 0.747. The van der Waals surface area contributed by atoms with Crippen LogP contribution < -0.4 is 10.6 Å². The second-order valence-electron chi connectivity index (χ2n) is 6.96. The summed E-state index contributed by atoms with van der Waals surface area (Å²) in [5, 5.41) is 6.70. The first-order valence-corrected chi connectivity index (χ1v) is 11.4. The van der Waals surface area contributed by atoms with Gasteiger partial charge in [0.1, 0.15) is 0 Å². The maximum Gasteiger partial charge on any atom is 0.227 e. The predicted octanol–water partition coefficient (Wildman–Crippen LogP) is 3.56. The van der Waals surface area contributed by atoms with Crippen LogP contribution in [-0.4, -0.2) is 38.0 Å². The molecule has 3 rings (SSSR count). The summed E-state index contributed by atoms with van der Waals surface area (Å²) in [6.07, 6.45) is 2.23. The van der Waals surface area contributed by atoms with Crippen molar-refractivity contribution in [2.75, 3.05) is 30.0 Å². The van der Waals surface area contributed by atoms with Gasteiger partial charge in [0, 0.05) is 31.2 Å². The number of amides is 1. The molecule has 1 fully saturated rings. The third kappa shape index (κ3) is 5.47. The number of hydrogen-bond donors (Lipinski definition) is 2. The fourth-order valence-electron chi connectivity index (χ4n) is 3.22. The molecule has 2 aromatic rings. The summed E-state index contributed by atoms with van der Waals surface area (Å²) in [5.41, 5.74) is 2.58. The van der Waals surface area contributed by atoms with E-state index in [2.05, 4.69) is 10.6 Å². The molecule has 0 saturated carbocycles. The van der Waals surface area contributed by atoms with Crippen molar-refractivity contribution in [1.29, 1.82) is 0 Å². The van der Waals surface area contributed by atoms with Crippen LogP contribution in [0.1, 0.15) is 18.4 Å². The van der Waals surface area contributed by atoms with E-state index >= 15 is 0 Å². The van der Waals surface area contributed by atoms with Gasteiger partial charge in [-0.3, -0.25) is 4.79 Å². The van der Waals surface area contributed by atoms with E-state index in [0.29, 0.717) is 43.2 Å². The summed E-state index contributed by atoms with van der Waals surface area (Å²) in [5.74, 6) is -0.304. The number of carbonyl (C=O) groups excluding carboxylic acids is 1. The highest BCUT2D eigenvalue weighted by atomic mass is 35.5. The van der Waals surface area contributed by atoms with E-state index in [1.165, 1.54) is 10.6 Å². The molecular weight excluding hydrogens is 398 g/mol. The van der Waals surface area contributed by atoms with E-state index in [1.807, 2.05) is 42.5 Å². The summed E-state index contributed by atoms with van der Waals surface area (Å²) >= 11 is 6.35. The predicted molar refractivity (Wildman–Crippen MR) is 113 cm³/mol. The van der Waals surface area contributed by atoms with Crippen molar-refractivity contribution in [2.24, 2.45) is 5.92 Å². The number of piperidine rings is 1. The number of halogens is 1. The standard InChI is InChI=1S/C20H24ClN3O3S/c1-28(26,27)24-11-9-16(10-12-24)20(25)23-17-7-8-19(18(21)13-17)22-14-15-5-3-2-4-6-15/h2-8,13,16,22H,9-12,14H2,1H3,(H,23,25). The molecule has 8 heteroatoms. The molecule has 2 N–H and O–H groups in total. The summed E-state index contributed by atoms with van der Waals surface area (Å²) in [6.45, 7) is 1.41. The Bertz CT molecular complexity index is 927. The fourth-order valence-corrected chi connectivity index (χ4v) is 4.34. The first kappa shape index (κ1) is 20.6. The molecule has 1 aliphatic heterocycles. The lowest BCUT2D eigenvalue weighted by molar-refractivity contribution is -0.120. The number of rotatable bonds is 6. The Kier molecular flexibility index (Phi) is 6.59. The Hall–Kier alpha value is -2.09. The molecule has 0 aromatic heterocycles. The minimum Gasteiger partial charge on any atom is -0.380 e. The lowest BCUT2D eigenvalue weighted by Crippen LogP contribution is -2.40. The molecule has 0 spiro atoms. The number of hydrogen-bond acceptors (Lipinski definition) is 4. The van der Waals surface area contributed by atoms with Gasteiger partial charge in [0.2, 0.25) is 15.9 Å². The normalized spacial score (nSPS) is 15.9. The lowest BCUT2D eigenvalue weighted by atomic mass is 9.97. The molecule has 1 aliphatic rings. The molecule has 0 bridgehead atoms. The minimum absolute atomic E-state index is 0.103. The average Bonchev–Trinajstić information content (AvgIpc) is 2.67. The van der Waals surface area contributed by atoms with Gasteiger partial charge in [0.15, 0.2) is 0 Å². The van der Waals surface area contributed by atoms with E-state index in [0.717, 1.165) is 11.3 Å². The van der Waals surface area contributed by atoms with Gasteiger partial charge in [-0.05, 0) is 36.6 Å². The molecule has 0 aliphatic carbocycles. The van der Waals surface area contributed by atoms with Crippen LogP contribution in [-0.2, 0) is 21.4 Å². The number of sulfonamides is 1. The van der Waals surface area contributed by atoms with Crippen LogP contribution in [0.15, 0.2) is 48.5 Å². The summed E-state index contributed by atoms with van der Waals surface area (Å²) in [6, 6.07) is 15.4. The van der Waals surface area contributed by atoms with E-state index < -0.39 is 10.0 Å². The molecule has 1 saturated heterocycles. The Morgan fingerprint density at radius 3 is 2.43 bits per heavy atom. The molecule has 1 amide bonds. The Morgan fingerprint density at radius 2 is 1.82 bits per heavy atom. The summed E-state index contributed by atoms with van der Waals surface area (Å²) < 4.78 is 24.6. The van der Waals surface area contributed by atoms with E-state index in [4.69, 9.17) is 11.6 Å². The zero-order chi connectivity index (χ0) is 20.1. The number of nitrogens with one attached hydrogen (secondary N) is 2. The van der Waals surface area contributed by atoms with Gasteiger partial charge in [-0.25, -0.2) is 12.7 Å². The van der Waals surface area contributed by atoms with Gasteiger partial charge in [-0.2, -0.15) is 0 Å². The first-order valence-electron chi connectivity index (χ1n) is 9.16. The highest BCUT2D eigenvalue weighted by Gasteiger charge is 2.28. The topological polar surface area (TPSA) is 78.5 Å². The summed E-state index contributed by atoms with van der Waals surface area (Å²) in [4.78, 5) is 12.5. The summed E-state index contributed by atoms with van der Waals surface area (Å²) in [7, 11) is -3.19. The molecular formula is C20H24ClN3O3S. The number of nitrogens with zero attached hydrogens (tertiary/aromatic N) is 1. The SMILES string of the molecule is CS(=O)(=O)N1CCC(C(=O)Nc2ccc(NCc3ccccc3)c(Cl)c2)CC1. The molecule has 1 heterocycles. The van der Waals surface area contributed by atoms with E-state index in [-0.39, 0.29) is 11.8 Å². The highest BCUT2D eigenvalue weighted by molar-refractivity contribution is 7.88. The molecule has 150 valence electrons. The fraction of sp³-hybridized carbons (Fsp3) is 0.350. The number of carbonyl (C=O) groups is 1. The van der Waals surface area contributed by atoms with Crippen LogP contribution >= 0.6 is 11.6 Å². The average molecular weight is 422 g/mol. The van der Waals surface area contributed by atoms with Crippen molar-refractivity contribution in [2.45, 2.75) is 19.4 Å². The van der Waals surface area contributed by atoms with Crippen LogP contribution in [0, 0.1) is 5.92 Å². The van der Waals surface area contributed by atoms with Gasteiger partial charge in [-0.15, -0.1) is 0 Å². The molecule has 0 unspecified atom stereocenters. The van der Waals surface area contributed by atoms with Crippen molar-refractivity contribution in [3.05, 3.63) is 59.1 Å². The smallest absolute Gasteiger partial charge is 0.227 e. The van der Waals surface area contributed by atoms with Crippen molar-refractivity contribution >= 4 is 38.9 Å². The monoisotopic (exact) mass is 421 g/mol. The first-order chi connectivity index (χ1) is 13.3. The molecule has 0 radical (unpaired) electrons. The van der Waals surface area contributed by atoms with Crippen LogP contribution in [0.25, 0.3) is 0 Å². The molecule has 0 atom stereocenters. The van der Waals surface area contributed by atoms with Crippen LogP contribution in [0.3, 0.4) is 0 Å². The Morgan fingerprint density at radius 1 is 1.14 bits per heavy atom. The van der Waals surface area contributed by atoms with Crippen LogP contribution in [0.2, 0.25) is 5.02 Å². The van der Waals surface area contributed by atoms with Crippen molar-refractivity contribution in [3.63, 3.8) is 0 Å². The minimum atomic E-state index is -3.19. The third-order valence-corrected chi connectivity index (χ3v) is 6.47. The van der Waals surface area contributed by atoms with Gasteiger partial charge < -0.3 is 10.6 Å². The van der Waals surface area contributed by atoms with Gasteiger partial charge in [0.25, 0.3) is 0 Å². The highest BCUT2D eigenvalue weighted by Crippen LogP contribution is 2.27. The van der Waals surface area contributed by atoms with Crippen LogP contribution in [0.5, 0.6) is 0 Å². The van der Waals surface area contributed by atoms with Gasteiger partial charge in [0.05, 0.1) is 17.0 Å². The molecule has 2 aromatic carbocycles. The third-order valence-electron chi connectivity index (χ3n) is 4.86. The van der Waals surface area contributed by atoms with Gasteiger partial charge in [-0.1, -0.05) is 41.9 Å².